The van der Waals surface area contributed by atoms with Gasteiger partial charge in [-0.25, -0.2) is 9.18 Å². The summed E-state index contributed by atoms with van der Waals surface area (Å²) in [6.07, 6.45) is 1.14. The monoisotopic (exact) mass is 414 g/mol. The van der Waals surface area contributed by atoms with E-state index < -0.39 is 5.60 Å². The fourth-order valence-electron chi connectivity index (χ4n) is 3.54. The van der Waals surface area contributed by atoms with E-state index in [1.54, 1.807) is 17.0 Å². The minimum atomic E-state index is -0.546. The molecule has 3 rings (SSSR count). The summed E-state index contributed by atoms with van der Waals surface area (Å²) in [6, 6.07) is 16.2. The third-order valence-corrected chi connectivity index (χ3v) is 4.93. The fraction of sp³-hybridized carbons (Fsp3) is 0.458. The van der Waals surface area contributed by atoms with Crippen LogP contribution in [-0.4, -0.2) is 48.4 Å². The van der Waals surface area contributed by atoms with Gasteiger partial charge in [-0.2, -0.15) is 0 Å². The molecule has 1 saturated heterocycles. The highest BCUT2D eigenvalue weighted by Crippen LogP contribution is 2.25. The molecule has 1 fully saturated rings. The van der Waals surface area contributed by atoms with Crippen molar-refractivity contribution >= 4 is 6.09 Å². The molecule has 5 nitrogen and oxygen atoms in total. The van der Waals surface area contributed by atoms with Crippen molar-refractivity contribution in [1.82, 2.24) is 10.2 Å². The molecule has 0 aliphatic carbocycles. The number of rotatable bonds is 7. The molecule has 0 bridgehead atoms. The number of likely N-dealkylation sites (tertiary alicyclic amines) is 1. The molecule has 0 aromatic heterocycles. The van der Waals surface area contributed by atoms with Gasteiger partial charge in [0.15, 0.2) is 0 Å². The van der Waals surface area contributed by atoms with Crippen LogP contribution >= 0.6 is 0 Å². The van der Waals surface area contributed by atoms with E-state index in [0.29, 0.717) is 13.1 Å². The molecule has 1 heterocycles. The van der Waals surface area contributed by atoms with Gasteiger partial charge in [-0.1, -0.05) is 30.3 Å². The number of nitrogens with zero attached hydrogens (tertiary/aromatic N) is 1. The van der Waals surface area contributed by atoms with E-state index in [0.717, 1.165) is 30.7 Å². The lowest BCUT2D eigenvalue weighted by Gasteiger charge is -2.28. The van der Waals surface area contributed by atoms with Crippen molar-refractivity contribution in [3.8, 4) is 5.75 Å². The minimum absolute atomic E-state index is 0.0122. The number of carbonyl (C=O) groups is 1. The molecular weight excluding hydrogens is 383 g/mol. The van der Waals surface area contributed by atoms with Crippen LogP contribution in [0.4, 0.5) is 9.18 Å². The Morgan fingerprint density at radius 1 is 1.13 bits per heavy atom. The minimum Gasteiger partial charge on any atom is -0.489 e. The lowest BCUT2D eigenvalue weighted by Crippen LogP contribution is -2.44. The highest BCUT2D eigenvalue weighted by atomic mass is 19.1. The molecule has 1 amide bonds. The summed E-state index contributed by atoms with van der Waals surface area (Å²) in [4.78, 5) is 14.5. The average molecular weight is 415 g/mol. The normalized spacial score (nSPS) is 19.0. The summed E-state index contributed by atoms with van der Waals surface area (Å²) in [5.41, 5.74) is 0.528. The first kappa shape index (κ1) is 22.1. The molecule has 2 aromatic rings. The Hall–Kier alpha value is -2.60. The first-order valence-corrected chi connectivity index (χ1v) is 10.5. The van der Waals surface area contributed by atoms with Gasteiger partial charge >= 0.3 is 6.09 Å². The molecule has 1 aliphatic heterocycles. The van der Waals surface area contributed by atoms with Gasteiger partial charge in [0, 0.05) is 13.0 Å². The molecule has 162 valence electrons. The maximum atomic E-state index is 13.0. The molecule has 2 aromatic carbocycles. The average Bonchev–Trinajstić information content (AvgIpc) is 3.09. The highest BCUT2D eigenvalue weighted by Gasteiger charge is 2.38. The SMILES string of the molecule is CC(C)(C)OC(=O)N1CC(Oc2ccccc2)CC1CNCCc1ccc(F)cc1. The summed E-state index contributed by atoms with van der Waals surface area (Å²) in [5, 5.41) is 3.42. The molecule has 6 heteroatoms. The second kappa shape index (κ2) is 9.94. The van der Waals surface area contributed by atoms with Crippen molar-refractivity contribution in [3.05, 3.63) is 66.0 Å². The van der Waals surface area contributed by atoms with Crippen molar-refractivity contribution in [2.24, 2.45) is 0 Å². The zero-order valence-electron chi connectivity index (χ0n) is 17.9. The van der Waals surface area contributed by atoms with Crippen molar-refractivity contribution in [2.75, 3.05) is 19.6 Å². The standard InChI is InChI=1S/C24H31FN2O3/c1-24(2,3)30-23(28)27-17-22(29-21-7-5-4-6-8-21)15-20(27)16-26-14-13-18-9-11-19(25)12-10-18/h4-12,20,22,26H,13-17H2,1-3H3. The topological polar surface area (TPSA) is 50.8 Å². The summed E-state index contributed by atoms with van der Waals surface area (Å²) in [7, 11) is 0. The van der Waals surface area contributed by atoms with Gasteiger partial charge in [0.1, 0.15) is 23.3 Å². The van der Waals surface area contributed by atoms with Gasteiger partial charge in [-0.3, -0.25) is 0 Å². The molecule has 0 saturated carbocycles. The summed E-state index contributed by atoms with van der Waals surface area (Å²) < 4.78 is 24.7. The smallest absolute Gasteiger partial charge is 0.410 e. The first-order chi connectivity index (χ1) is 14.3. The zero-order valence-corrected chi connectivity index (χ0v) is 17.9. The number of carbonyl (C=O) groups excluding carboxylic acids is 1. The predicted octanol–water partition coefficient (Wildman–Crippen LogP) is 4.41. The Morgan fingerprint density at radius 3 is 2.50 bits per heavy atom. The van der Waals surface area contributed by atoms with Crippen LogP contribution in [0.1, 0.15) is 32.8 Å². The lowest BCUT2D eigenvalue weighted by molar-refractivity contribution is 0.0213. The zero-order chi connectivity index (χ0) is 21.6. The molecule has 0 radical (unpaired) electrons. The Morgan fingerprint density at radius 2 is 1.83 bits per heavy atom. The molecule has 0 spiro atoms. The second-order valence-corrected chi connectivity index (χ2v) is 8.66. The predicted molar refractivity (Wildman–Crippen MR) is 115 cm³/mol. The van der Waals surface area contributed by atoms with E-state index in [1.807, 2.05) is 51.1 Å². The molecule has 1 aliphatic rings. The Bertz CT molecular complexity index is 805. The van der Waals surface area contributed by atoms with E-state index in [-0.39, 0.29) is 24.1 Å². The molecule has 2 atom stereocenters. The maximum absolute atomic E-state index is 13.0. The van der Waals surface area contributed by atoms with Crippen molar-refractivity contribution in [3.63, 3.8) is 0 Å². The number of halogens is 1. The third kappa shape index (κ3) is 6.73. The van der Waals surface area contributed by atoms with Crippen LogP contribution in [0.15, 0.2) is 54.6 Å². The first-order valence-electron chi connectivity index (χ1n) is 10.5. The van der Waals surface area contributed by atoms with Crippen LogP contribution < -0.4 is 10.1 Å². The van der Waals surface area contributed by atoms with E-state index in [9.17, 15) is 9.18 Å². The third-order valence-electron chi connectivity index (χ3n) is 4.93. The van der Waals surface area contributed by atoms with Gasteiger partial charge in [-0.05, 0) is 63.6 Å². The second-order valence-electron chi connectivity index (χ2n) is 8.66. The molecule has 2 unspecified atom stereocenters. The van der Waals surface area contributed by atoms with Gasteiger partial charge in [0.25, 0.3) is 0 Å². The quantitative estimate of drug-likeness (QED) is 0.682. The van der Waals surface area contributed by atoms with Crippen LogP contribution in [0, 0.1) is 5.82 Å². The number of para-hydroxylation sites is 1. The van der Waals surface area contributed by atoms with Gasteiger partial charge < -0.3 is 19.7 Å². The summed E-state index contributed by atoms with van der Waals surface area (Å²) >= 11 is 0. The number of nitrogens with one attached hydrogen (secondary N) is 1. The number of amides is 1. The van der Waals surface area contributed by atoms with Gasteiger partial charge in [-0.15, -0.1) is 0 Å². The van der Waals surface area contributed by atoms with E-state index in [2.05, 4.69) is 5.32 Å². The van der Waals surface area contributed by atoms with Gasteiger partial charge in [0.2, 0.25) is 0 Å². The Labute approximate surface area is 178 Å². The number of hydrogen-bond acceptors (Lipinski definition) is 4. The van der Waals surface area contributed by atoms with E-state index in [1.165, 1.54) is 12.1 Å². The molecule has 30 heavy (non-hydrogen) atoms. The van der Waals surface area contributed by atoms with Crippen LogP contribution in [-0.2, 0) is 11.2 Å². The number of hydrogen-bond donors (Lipinski definition) is 1. The summed E-state index contributed by atoms with van der Waals surface area (Å²) in [6.45, 7) is 7.50. The summed E-state index contributed by atoms with van der Waals surface area (Å²) in [5.74, 6) is 0.576. The van der Waals surface area contributed by atoms with Crippen molar-refractivity contribution in [1.29, 1.82) is 0 Å². The van der Waals surface area contributed by atoms with Gasteiger partial charge in [0.05, 0.1) is 12.6 Å². The maximum Gasteiger partial charge on any atom is 0.410 e. The Kier molecular flexibility index (Phi) is 7.32. The Balaban J connectivity index is 1.56. The fourth-order valence-corrected chi connectivity index (χ4v) is 3.54. The van der Waals surface area contributed by atoms with Crippen LogP contribution in [0.25, 0.3) is 0 Å². The van der Waals surface area contributed by atoms with Crippen LogP contribution in [0.5, 0.6) is 5.75 Å². The van der Waals surface area contributed by atoms with Crippen molar-refractivity contribution < 1.29 is 18.7 Å². The molecule has 1 N–H and O–H groups in total. The van der Waals surface area contributed by atoms with Crippen LogP contribution in [0.2, 0.25) is 0 Å². The van der Waals surface area contributed by atoms with Crippen LogP contribution in [0.3, 0.4) is 0 Å². The number of benzene rings is 2. The highest BCUT2D eigenvalue weighted by molar-refractivity contribution is 5.69. The molecular formula is C24H31FN2O3. The largest absolute Gasteiger partial charge is 0.489 e. The van der Waals surface area contributed by atoms with E-state index >= 15 is 0 Å². The van der Waals surface area contributed by atoms with Crippen molar-refractivity contribution in [2.45, 2.75) is 51.4 Å². The number of ether oxygens (including phenoxy) is 2. The lowest BCUT2D eigenvalue weighted by atomic mass is 10.1. The van der Waals surface area contributed by atoms with E-state index in [4.69, 9.17) is 9.47 Å².